The molecule has 0 spiro atoms. The Hall–Kier alpha value is -0.0800. The van der Waals surface area contributed by atoms with Gasteiger partial charge in [0.05, 0.1) is 0 Å². The van der Waals surface area contributed by atoms with Crippen LogP contribution in [0.5, 0.6) is 0 Å². The van der Waals surface area contributed by atoms with Crippen molar-refractivity contribution in [1.29, 1.82) is 0 Å². The first-order valence-electron chi connectivity index (χ1n) is 5.10. The van der Waals surface area contributed by atoms with Crippen LogP contribution in [0, 0.1) is 0 Å². The molecule has 0 aliphatic heterocycles. The number of hydrogen-bond donors (Lipinski definition) is 1. The Morgan fingerprint density at radius 1 is 1.33 bits per heavy atom. The van der Waals surface area contributed by atoms with E-state index in [1.807, 2.05) is 0 Å². The van der Waals surface area contributed by atoms with Gasteiger partial charge in [0.15, 0.2) is 0 Å². The highest BCUT2D eigenvalue weighted by Crippen LogP contribution is 2.01. The van der Waals surface area contributed by atoms with Crippen molar-refractivity contribution in [1.82, 2.24) is 10.2 Å². The van der Waals surface area contributed by atoms with Crippen LogP contribution in [0.1, 0.15) is 33.1 Å². The maximum absolute atomic E-state index is 3.32. The van der Waals surface area contributed by atoms with E-state index in [1.165, 1.54) is 25.8 Å². The molecule has 12 heavy (non-hydrogen) atoms. The summed E-state index contributed by atoms with van der Waals surface area (Å²) >= 11 is 0. The second kappa shape index (κ2) is 7.56. The summed E-state index contributed by atoms with van der Waals surface area (Å²) in [7, 11) is 4.23. The SMILES string of the molecule is CCC(CCCN(C)CC)NC. The first-order chi connectivity index (χ1) is 5.74. The molecule has 0 heterocycles. The van der Waals surface area contributed by atoms with E-state index >= 15 is 0 Å². The summed E-state index contributed by atoms with van der Waals surface area (Å²) in [5, 5.41) is 3.32. The van der Waals surface area contributed by atoms with Crippen molar-refractivity contribution in [2.75, 3.05) is 27.2 Å². The van der Waals surface area contributed by atoms with Crippen LogP contribution in [0.4, 0.5) is 0 Å². The van der Waals surface area contributed by atoms with E-state index in [0.29, 0.717) is 0 Å². The van der Waals surface area contributed by atoms with Gasteiger partial charge in [-0.15, -0.1) is 0 Å². The average Bonchev–Trinajstić information content (AvgIpc) is 2.12. The summed E-state index contributed by atoms with van der Waals surface area (Å²) < 4.78 is 0. The third-order valence-electron chi connectivity index (χ3n) is 2.53. The molecule has 2 nitrogen and oxygen atoms in total. The monoisotopic (exact) mass is 172 g/mol. The van der Waals surface area contributed by atoms with Crippen molar-refractivity contribution in [3.8, 4) is 0 Å². The normalized spacial score (nSPS) is 13.8. The predicted octanol–water partition coefficient (Wildman–Crippen LogP) is 1.72. The molecular weight excluding hydrogens is 148 g/mol. The van der Waals surface area contributed by atoms with Gasteiger partial charge in [0, 0.05) is 6.04 Å². The van der Waals surface area contributed by atoms with Gasteiger partial charge in [-0.1, -0.05) is 13.8 Å². The van der Waals surface area contributed by atoms with Crippen molar-refractivity contribution in [2.45, 2.75) is 39.2 Å². The maximum atomic E-state index is 3.32. The number of hydrogen-bond acceptors (Lipinski definition) is 2. The minimum Gasteiger partial charge on any atom is -0.317 e. The fourth-order valence-corrected chi connectivity index (χ4v) is 1.32. The highest BCUT2D eigenvalue weighted by molar-refractivity contribution is 4.62. The zero-order valence-corrected chi connectivity index (χ0v) is 9.06. The summed E-state index contributed by atoms with van der Waals surface area (Å²) in [6.07, 6.45) is 3.85. The number of rotatable bonds is 7. The largest absolute Gasteiger partial charge is 0.317 e. The predicted molar refractivity (Wildman–Crippen MR) is 55.5 cm³/mol. The molecule has 0 aromatic rings. The van der Waals surface area contributed by atoms with Gasteiger partial charge in [0.2, 0.25) is 0 Å². The van der Waals surface area contributed by atoms with Crippen LogP contribution in [0.3, 0.4) is 0 Å². The lowest BCUT2D eigenvalue weighted by molar-refractivity contribution is 0.331. The Kier molecular flexibility index (Phi) is 7.51. The molecule has 1 atom stereocenters. The molecule has 0 saturated heterocycles. The van der Waals surface area contributed by atoms with Gasteiger partial charge in [-0.25, -0.2) is 0 Å². The lowest BCUT2D eigenvalue weighted by atomic mass is 10.1. The first kappa shape index (κ1) is 11.9. The Balaban J connectivity index is 3.28. The minimum absolute atomic E-state index is 0.718. The van der Waals surface area contributed by atoms with Gasteiger partial charge in [0.25, 0.3) is 0 Å². The highest BCUT2D eigenvalue weighted by atomic mass is 15.1. The second-order valence-electron chi connectivity index (χ2n) is 3.43. The van der Waals surface area contributed by atoms with Crippen molar-refractivity contribution in [3.05, 3.63) is 0 Å². The summed E-state index contributed by atoms with van der Waals surface area (Å²) in [4.78, 5) is 2.36. The van der Waals surface area contributed by atoms with E-state index in [4.69, 9.17) is 0 Å². The smallest absolute Gasteiger partial charge is 0.00619 e. The summed E-state index contributed by atoms with van der Waals surface area (Å²) in [6, 6.07) is 0.718. The molecule has 0 bridgehead atoms. The van der Waals surface area contributed by atoms with E-state index in [2.05, 4.69) is 38.2 Å². The third-order valence-corrected chi connectivity index (χ3v) is 2.53. The zero-order chi connectivity index (χ0) is 9.40. The Labute approximate surface area is 77.3 Å². The van der Waals surface area contributed by atoms with Crippen LogP contribution in [-0.2, 0) is 0 Å². The van der Waals surface area contributed by atoms with Gasteiger partial charge >= 0.3 is 0 Å². The molecule has 0 aliphatic rings. The van der Waals surface area contributed by atoms with E-state index in [9.17, 15) is 0 Å². The Morgan fingerprint density at radius 2 is 2.00 bits per heavy atom. The molecule has 0 radical (unpaired) electrons. The van der Waals surface area contributed by atoms with Crippen molar-refractivity contribution < 1.29 is 0 Å². The average molecular weight is 172 g/mol. The minimum atomic E-state index is 0.718. The maximum Gasteiger partial charge on any atom is 0.00619 e. The van der Waals surface area contributed by atoms with E-state index in [1.54, 1.807) is 0 Å². The van der Waals surface area contributed by atoms with Gasteiger partial charge in [-0.05, 0) is 46.4 Å². The van der Waals surface area contributed by atoms with E-state index < -0.39 is 0 Å². The van der Waals surface area contributed by atoms with Gasteiger partial charge in [-0.3, -0.25) is 0 Å². The quantitative estimate of drug-likeness (QED) is 0.629. The summed E-state index contributed by atoms with van der Waals surface area (Å²) in [6.45, 7) is 6.84. The molecule has 0 fully saturated rings. The molecule has 0 aromatic carbocycles. The van der Waals surface area contributed by atoms with Crippen LogP contribution in [0.15, 0.2) is 0 Å². The van der Waals surface area contributed by atoms with Crippen LogP contribution >= 0.6 is 0 Å². The molecule has 1 unspecified atom stereocenters. The molecular formula is C10H24N2. The second-order valence-corrected chi connectivity index (χ2v) is 3.43. The topological polar surface area (TPSA) is 15.3 Å². The van der Waals surface area contributed by atoms with Crippen molar-refractivity contribution in [3.63, 3.8) is 0 Å². The van der Waals surface area contributed by atoms with Crippen molar-refractivity contribution in [2.24, 2.45) is 0 Å². The molecule has 0 aromatic heterocycles. The number of nitrogens with zero attached hydrogens (tertiary/aromatic N) is 1. The lowest BCUT2D eigenvalue weighted by Crippen LogP contribution is -2.26. The van der Waals surface area contributed by atoms with Gasteiger partial charge < -0.3 is 10.2 Å². The molecule has 0 amide bonds. The van der Waals surface area contributed by atoms with Crippen LogP contribution < -0.4 is 5.32 Å². The summed E-state index contributed by atoms with van der Waals surface area (Å²) in [5.41, 5.74) is 0. The van der Waals surface area contributed by atoms with Crippen LogP contribution in [-0.4, -0.2) is 38.1 Å². The van der Waals surface area contributed by atoms with E-state index in [-0.39, 0.29) is 0 Å². The summed E-state index contributed by atoms with van der Waals surface area (Å²) in [5.74, 6) is 0. The molecule has 0 rings (SSSR count). The molecule has 1 N–H and O–H groups in total. The van der Waals surface area contributed by atoms with Crippen molar-refractivity contribution >= 4 is 0 Å². The highest BCUT2D eigenvalue weighted by Gasteiger charge is 2.02. The molecule has 74 valence electrons. The third kappa shape index (κ3) is 5.56. The standard InChI is InChI=1S/C10H24N2/c1-5-10(11-3)8-7-9-12(4)6-2/h10-11H,5-9H2,1-4H3. The Bertz CT molecular complexity index is 89.8. The molecule has 2 heteroatoms. The number of nitrogens with one attached hydrogen (secondary N) is 1. The molecule has 0 aliphatic carbocycles. The fourth-order valence-electron chi connectivity index (χ4n) is 1.32. The fraction of sp³-hybridized carbons (Fsp3) is 1.00. The van der Waals surface area contributed by atoms with Crippen LogP contribution in [0.25, 0.3) is 0 Å². The van der Waals surface area contributed by atoms with Gasteiger partial charge in [0.1, 0.15) is 0 Å². The zero-order valence-electron chi connectivity index (χ0n) is 9.06. The van der Waals surface area contributed by atoms with Gasteiger partial charge in [-0.2, -0.15) is 0 Å². The van der Waals surface area contributed by atoms with Crippen LogP contribution in [0.2, 0.25) is 0 Å². The Morgan fingerprint density at radius 3 is 2.42 bits per heavy atom. The first-order valence-corrected chi connectivity index (χ1v) is 5.10. The lowest BCUT2D eigenvalue weighted by Gasteiger charge is -2.17. The molecule has 0 saturated carbocycles. The van der Waals surface area contributed by atoms with E-state index in [0.717, 1.165) is 12.6 Å².